The van der Waals surface area contributed by atoms with Crippen LogP contribution in [-0.4, -0.2) is 12.1 Å². The Morgan fingerprint density at radius 2 is 2.33 bits per heavy atom. The maximum Gasteiger partial charge on any atom is 0.245 e. The summed E-state index contributed by atoms with van der Waals surface area (Å²) in [6, 6.07) is 0. The maximum atomic E-state index is 10.8. The number of carbonyl (C=O) groups excluding carboxylic acids is 1. The van der Waals surface area contributed by atoms with Gasteiger partial charge in [0.05, 0.1) is 6.17 Å². The van der Waals surface area contributed by atoms with Gasteiger partial charge >= 0.3 is 0 Å². The predicted molar refractivity (Wildman–Crippen MR) is 33.5 cm³/mol. The van der Waals surface area contributed by atoms with Crippen LogP contribution in [0.1, 0.15) is 19.8 Å². The van der Waals surface area contributed by atoms with Crippen molar-refractivity contribution < 1.29 is 4.79 Å². The van der Waals surface area contributed by atoms with Crippen LogP contribution in [0.15, 0.2) is 0 Å². The third-order valence-electron chi connectivity index (χ3n) is 1.26. The largest absolute Gasteiger partial charge is 0.310 e. The van der Waals surface area contributed by atoms with Gasteiger partial charge in [-0.15, -0.1) is 0 Å². The minimum absolute atomic E-state index is 0.00926. The molecule has 1 rings (SSSR count). The van der Waals surface area contributed by atoms with Crippen molar-refractivity contribution in [2.24, 2.45) is 11.7 Å². The van der Waals surface area contributed by atoms with Gasteiger partial charge in [0.2, 0.25) is 5.91 Å². The molecule has 1 saturated carbocycles. The Balaban J connectivity index is 2.18. The highest BCUT2D eigenvalue weighted by Crippen LogP contribution is 2.29. The molecule has 1 fully saturated rings. The summed E-state index contributed by atoms with van der Waals surface area (Å²) in [5.41, 5.74) is 5.27. The second kappa shape index (κ2) is 2.35. The first-order valence-electron chi connectivity index (χ1n) is 3.20. The van der Waals surface area contributed by atoms with E-state index in [9.17, 15) is 4.79 Å². The van der Waals surface area contributed by atoms with Crippen molar-refractivity contribution in [2.45, 2.75) is 25.9 Å². The van der Waals surface area contributed by atoms with E-state index in [1.165, 1.54) is 0 Å². The van der Waals surface area contributed by atoms with Crippen LogP contribution in [0.5, 0.6) is 0 Å². The first kappa shape index (κ1) is 6.55. The summed E-state index contributed by atoms with van der Waals surface area (Å²) < 4.78 is 0. The third kappa shape index (κ3) is 2.01. The van der Waals surface area contributed by atoms with Gasteiger partial charge in [0.25, 0.3) is 0 Å². The van der Waals surface area contributed by atoms with Crippen LogP contribution >= 0.6 is 0 Å². The lowest BCUT2D eigenvalue weighted by Crippen LogP contribution is -2.33. The van der Waals surface area contributed by atoms with E-state index in [1.807, 2.05) is 0 Å². The van der Waals surface area contributed by atoms with Crippen molar-refractivity contribution in [3.8, 4) is 0 Å². The Morgan fingerprint density at radius 3 is 2.67 bits per heavy atom. The Kier molecular flexibility index (Phi) is 1.71. The van der Waals surface area contributed by atoms with Crippen LogP contribution in [0, 0.1) is 5.92 Å². The zero-order chi connectivity index (χ0) is 6.85. The second-order valence-corrected chi connectivity index (χ2v) is 2.48. The van der Waals surface area contributed by atoms with Gasteiger partial charge in [-0.25, -0.2) is 5.32 Å². The molecule has 1 amide bonds. The first-order valence-corrected chi connectivity index (χ1v) is 3.20. The number of hydrogen-bond acceptors (Lipinski definition) is 2. The number of nitrogens with two attached hydrogens (primary N) is 1. The smallest absolute Gasteiger partial charge is 0.245 e. The van der Waals surface area contributed by atoms with Gasteiger partial charge in [-0.3, -0.25) is 4.79 Å². The fraction of sp³-hybridized carbons (Fsp3) is 0.833. The Hall–Kier alpha value is -0.570. The van der Waals surface area contributed by atoms with Crippen LogP contribution in [0.2, 0.25) is 0 Å². The van der Waals surface area contributed by atoms with Gasteiger partial charge in [0.15, 0.2) is 0 Å². The molecule has 0 aromatic rings. The van der Waals surface area contributed by atoms with E-state index in [2.05, 4.69) is 5.32 Å². The van der Waals surface area contributed by atoms with Crippen LogP contribution in [0.4, 0.5) is 0 Å². The molecule has 51 valence electrons. The topological polar surface area (TPSA) is 57.2 Å². The molecule has 1 unspecified atom stereocenters. The molecule has 3 heteroatoms. The summed E-state index contributed by atoms with van der Waals surface area (Å²) >= 11 is 0. The van der Waals surface area contributed by atoms with Gasteiger partial charge in [-0.2, -0.15) is 0 Å². The zero-order valence-corrected chi connectivity index (χ0v) is 5.50. The van der Waals surface area contributed by atoms with E-state index < -0.39 is 0 Å². The number of carbonyl (C=O) groups is 1. The summed E-state index contributed by atoms with van der Waals surface area (Å²) in [4.78, 5) is 10.8. The highest BCUT2D eigenvalue weighted by molar-refractivity contribution is 5.80. The quantitative estimate of drug-likeness (QED) is 0.560. The number of rotatable bonds is 2. The van der Waals surface area contributed by atoms with Crippen LogP contribution in [0.3, 0.4) is 0 Å². The molecule has 0 aromatic heterocycles. The molecule has 0 saturated heterocycles. The molecule has 0 spiro atoms. The van der Waals surface area contributed by atoms with Gasteiger partial charge in [-0.05, 0) is 19.8 Å². The standard InChI is InChI=1S/C6H11N2O/c1-4(7)8-6(9)5-2-3-5/h4-5H,2-3,7H2,1H3. The monoisotopic (exact) mass is 127 g/mol. The van der Waals surface area contributed by atoms with Crippen molar-refractivity contribution >= 4 is 5.91 Å². The molecule has 1 radical (unpaired) electrons. The van der Waals surface area contributed by atoms with Gasteiger partial charge in [-0.1, -0.05) is 0 Å². The lowest BCUT2D eigenvalue weighted by Gasteiger charge is -2.01. The van der Waals surface area contributed by atoms with Crippen molar-refractivity contribution in [2.75, 3.05) is 0 Å². The summed E-state index contributed by atoms with van der Waals surface area (Å²) in [5, 5.41) is 3.68. The highest BCUT2D eigenvalue weighted by Gasteiger charge is 2.30. The van der Waals surface area contributed by atoms with Crippen molar-refractivity contribution in [3.05, 3.63) is 0 Å². The fourth-order valence-corrected chi connectivity index (χ4v) is 0.636. The van der Waals surface area contributed by atoms with Crippen molar-refractivity contribution in [3.63, 3.8) is 0 Å². The third-order valence-corrected chi connectivity index (χ3v) is 1.26. The van der Waals surface area contributed by atoms with Crippen molar-refractivity contribution in [1.82, 2.24) is 5.32 Å². The van der Waals surface area contributed by atoms with Gasteiger partial charge in [0.1, 0.15) is 0 Å². The van der Waals surface area contributed by atoms with Gasteiger partial charge in [0, 0.05) is 5.92 Å². The predicted octanol–water partition coefficient (Wildman–Crippen LogP) is -0.168. The van der Waals surface area contributed by atoms with E-state index in [0.29, 0.717) is 0 Å². The second-order valence-electron chi connectivity index (χ2n) is 2.48. The number of amides is 1. The average molecular weight is 127 g/mol. The summed E-state index contributed by atoms with van der Waals surface area (Å²) in [5.74, 6) is 0.209. The van der Waals surface area contributed by atoms with Crippen LogP contribution in [-0.2, 0) is 4.79 Å². The van der Waals surface area contributed by atoms with E-state index in [1.54, 1.807) is 6.92 Å². The lowest BCUT2D eigenvalue weighted by atomic mass is 10.4. The summed E-state index contributed by atoms with van der Waals surface area (Å²) in [6.45, 7) is 1.71. The number of hydrogen-bond donors (Lipinski definition) is 1. The Labute approximate surface area is 54.6 Å². The first-order chi connectivity index (χ1) is 4.20. The van der Waals surface area contributed by atoms with E-state index in [4.69, 9.17) is 5.73 Å². The highest BCUT2D eigenvalue weighted by atomic mass is 16.2. The normalized spacial score (nSPS) is 21.1. The Morgan fingerprint density at radius 1 is 1.78 bits per heavy atom. The maximum absolute atomic E-state index is 10.8. The zero-order valence-electron chi connectivity index (χ0n) is 5.50. The minimum atomic E-state index is -0.321. The molecule has 1 aliphatic rings. The molecule has 2 N–H and O–H groups in total. The molecule has 1 atom stereocenters. The van der Waals surface area contributed by atoms with Crippen LogP contribution in [0.25, 0.3) is 0 Å². The molecule has 0 aliphatic heterocycles. The van der Waals surface area contributed by atoms with Crippen molar-refractivity contribution in [1.29, 1.82) is 0 Å². The van der Waals surface area contributed by atoms with E-state index in [-0.39, 0.29) is 18.0 Å². The molecular weight excluding hydrogens is 116 g/mol. The summed E-state index contributed by atoms with van der Waals surface area (Å²) in [7, 11) is 0. The lowest BCUT2D eigenvalue weighted by molar-refractivity contribution is -0.123. The van der Waals surface area contributed by atoms with Gasteiger partial charge < -0.3 is 5.73 Å². The molecular formula is C6H11N2O. The van der Waals surface area contributed by atoms with E-state index in [0.717, 1.165) is 12.8 Å². The molecule has 0 heterocycles. The molecule has 3 nitrogen and oxygen atoms in total. The number of nitrogens with zero attached hydrogens (tertiary/aromatic N) is 1. The summed E-state index contributed by atoms with van der Waals surface area (Å²) in [6.07, 6.45) is 1.70. The van der Waals surface area contributed by atoms with E-state index >= 15 is 0 Å². The SMILES string of the molecule is CC(N)[N]C(=O)C1CC1. The Bertz CT molecular complexity index is 118. The molecule has 1 aliphatic carbocycles. The fourth-order valence-electron chi connectivity index (χ4n) is 0.636. The van der Waals surface area contributed by atoms with Crippen LogP contribution < -0.4 is 11.1 Å². The molecule has 0 bridgehead atoms. The average Bonchev–Trinajstić information content (AvgIpc) is 2.40. The minimum Gasteiger partial charge on any atom is -0.310 e. The molecule has 0 aromatic carbocycles. The molecule has 9 heavy (non-hydrogen) atoms.